The van der Waals surface area contributed by atoms with Crippen LogP contribution < -0.4 is 4.74 Å². The Hall–Kier alpha value is -3.74. The Morgan fingerprint density at radius 2 is 1.74 bits per heavy atom. The molecule has 34 heavy (non-hydrogen) atoms. The Morgan fingerprint density at radius 1 is 1.03 bits per heavy atom. The highest BCUT2D eigenvalue weighted by Gasteiger charge is 2.33. The van der Waals surface area contributed by atoms with E-state index in [2.05, 4.69) is 9.97 Å². The van der Waals surface area contributed by atoms with Crippen LogP contribution in [0.2, 0.25) is 0 Å². The lowest BCUT2D eigenvalue weighted by molar-refractivity contribution is -0.147. The van der Waals surface area contributed by atoms with E-state index in [4.69, 9.17) is 9.47 Å². The van der Waals surface area contributed by atoms with Crippen LogP contribution in [0.1, 0.15) is 26.2 Å². The Labute approximate surface area is 195 Å². The Morgan fingerprint density at radius 3 is 2.47 bits per heavy atom. The number of imidazole rings is 1. The van der Waals surface area contributed by atoms with E-state index in [1.807, 2.05) is 42.5 Å². The maximum absolute atomic E-state index is 15.4. The lowest BCUT2D eigenvalue weighted by atomic mass is 9.99. The van der Waals surface area contributed by atoms with E-state index < -0.39 is 11.6 Å². The smallest absolute Gasteiger partial charge is 0.309 e. The molecule has 5 nitrogen and oxygen atoms in total. The van der Waals surface area contributed by atoms with Crippen molar-refractivity contribution in [3.63, 3.8) is 0 Å². The van der Waals surface area contributed by atoms with Crippen LogP contribution in [-0.2, 0) is 9.53 Å². The van der Waals surface area contributed by atoms with Gasteiger partial charge in [-0.1, -0.05) is 54.6 Å². The molecule has 0 bridgehead atoms. The summed E-state index contributed by atoms with van der Waals surface area (Å²) in [6, 6.07) is 18.2. The Balaban J connectivity index is 1.38. The molecule has 0 radical (unpaired) electrons. The van der Waals surface area contributed by atoms with Crippen molar-refractivity contribution >= 4 is 17.0 Å². The van der Waals surface area contributed by atoms with Crippen molar-refractivity contribution in [3.8, 4) is 28.3 Å². The molecule has 1 aliphatic rings. The topological polar surface area (TPSA) is 64.2 Å². The molecule has 1 fully saturated rings. The number of nitrogens with zero attached hydrogens (tertiary/aromatic N) is 1. The summed E-state index contributed by atoms with van der Waals surface area (Å²) in [6.07, 6.45) is 1.59. The van der Waals surface area contributed by atoms with Gasteiger partial charge in [0, 0.05) is 6.07 Å². The molecule has 2 atom stereocenters. The maximum atomic E-state index is 15.4. The number of halogens is 2. The summed E-state index contributed by atoms with van der Waals surface area (Å²) in [6.45, 7) is 2.11. The summed E-state index contributed by atoms with van der Waals surface area (Å²) in [5.41, 5.74) is 2.51. The van der Waals surface area contributed by atoms with Gasteiger partial charge in [-0.15, -0.1) is 0 Å². The highest BCUT2D eigenvalue weighted by atomic mass is 19.1. The van der Waals surface area contributed by atoms with Gasteiger partial charge in [-0.25, -0.2) is 8.78 Å². The van der Waals surface area contributed by atoms with Crippen molar-refractivity contribution in [1.82, 2.24) is 9.97 Å². The SMILES string of the molecule is CCOC(=O)C1CCC(Oc2nc3c(F)c(-c4ccc(-c5ccccc5)cc4)c(F)cc3[nH]2)C1. The van der Waals surface area contributed by atoms with Crippen molar-refractivity contribution in [3.05, 3.63) is 72.3 Å². The number of aromatic nitrogens is 2. The fourth-order valence-electron chi connectivity index (χ4n) is 4.52. The number of benzene rings is 3. The van der Waals surface area contributed by atoms with Gasteiger partial charge in [0.1, 0.15) is 17.4 Å². The van der Waals surface area contributed by atoms with Gasteiger partial charge in [0.15, 0.2) is 5.82 Å². The third-order valence-corrected chi connectivity index (χ3v) is 6.21. The van der Waals surface area contributed by atoms with Gasteiger partial charge in [0.25, 0.3) is 6.01 Å². The minimum absolute atomic E-state index is 0.0125. The zero-order chi connectivity index (χ0) is 23.7. The van der Waals surface area contributed by atoms with Crippen LogP contribution in [0.25, 0.3) is 33.3 Å². The first kappa shape index (κ1) is 22.1. The maximum Gasteiger partial charge on any atom is 0.309 e. The first-order valence-corrected chi connectivity index (χ1v) is 11.4. The summed E-state index contributed by atoms with van der Waals surface area (Å²) in [5.74, 6) is -1.87. The highest BCUT2D eigenvalue weighted by molar-refractivity contribution is 5.84. The lowest BCUT2D eigenvalue weighted by Crippen LogP contribution is -2.18. The van der Waals surface area contributed by atoms with Gasteiger partial charge in [-0.2, -0.15) is 4.98 Å². The first-order valence-electron chi connectivity index (χ1n) is 11.4. The van der Waals surface area contributed by atoms with Gasteiger partial charge in [-0.05, 0) is 42.9 Å². The van der Waals surface area contributed by atoms with Gasteiger partial charge in [0.05, 0.1) is 23.6 Å². The van der Waals surface area contributed by atoms with Gasteiger partial charge < -0.3 is 14.5 Å². The summed E-state index contributed by atoms with van der Waals surface area (Å²) in [5, 5.41) is 0. The normalized spacial score (nSPS) is 17.7. The molecule has 1 heterocycles. The van der Waals surface area contributed by atoms with Crippen molar-refractivity contribution in [1.29, 1.82) is 0 Å². The second kappa shape index (κ2) is 9.25. The van der Waals surface area contributed by atoms with E-state index in [0.29, 0.717) is 31.4 Å². The van der Waals surface area contributed by atoms with E-state index in [9.17, 15) is 9.18 Å². The van der Waals surface area contributed by atoms with Crippen LogP contribution in [0.4, 0.5) is 8.78 Å². The van der Waals surface area contributed by atoms with Crippen LogP contribution in [0.5, 0.6) is 6.01 Å². The van der Waals surface area contributed by atoms with E-state index in [1.165, 1.54) is 6.07 Å². The predicted molar refractivity (Wildman–Crippen MR) is 125 cm³/mol. The molecule has 0 amide bonds. The van der Waals surface area contributed by atoms with Gasteiger partial charge >= 0.3 is 5.97 Å². The molecule has 1 aromatic heterocycles. The number of fused-ring (bicyclic) bond motifs is 1. The average Bonchev–Trinajstić information content (AvgIpc) is 3.48. The Kier molecular flexibility index (Phi) is 6.01. The number of rotatable bonds is 6. The number of nitrogens with one attached hydrogen (secondary N) is 1. The number of hydrogen-bond donors (Lipinski definition) is 1. The summed E-state index contributed by atoms with van der Waals surface area (Å²) in [7, 11) is 0. The molecule has 0 saturated heterocycles. The highest BCUT2D eigenvalue weighted by Crippen LogP contribution is 2.34. The van der Waals surface area contributed by atoms with E-state index in [0.717, 1.165) is 11.1 Å². The second-order valence-electron chi connectivity index (χ2n) is 8.43. The summed E-state index contributed by atoms with van der Waals surface area (Å²) >= 11 is 0. The molecule has 174 valence electrons. The molecule has 7 heteroatoms. The molecule has 1 saturated carbocycles. The van der Waals surface area contributed by atoms with E-state index in [-0.39, 0.29) is 40.6 Å². The third kappa shape index (κ3) is 4.25. The standard InChI is InChI=1S/C27H24F2N2O3/c1-2-33-26(32)19-12-13-20(14-19)34-27-30-22-15-21(28)23(24(29)25(22)31-27)18-10-8-17(9-11-18)16-6-4-3-5-7-16/h3-11,15,19-20H,2,12-14H2,1H3,(H,30,31). The minimum atomic E-state index is -0.746. The predicted octanol–water partition coefficient (Wildman–Crippen LogP) is 6.29. The van der Waals surface area contributed by atoms with Crippen LogP contribution in [0, 0.1) is 17.6 Å². The molecule has 4 aromatic rings. The third-order valence-electron chi connectivity index (χ3n) is 6.21. The molecule has 3 aromatic carbocycles. The molecular formula is C27H24F2N2O3. The van der Waals surface area contributed by atoms with Crippen molar-refractivity contribution in [2.24, 2.45) is 5.92 Å². The summed E-state index contributed by atoms with van der Waals surface area (Å²) in [4.78, 5) is 19.0. The number of hydrogen-bond acceptors (Lipinski definition) is 4. The number of carbonyl (C=O) groups excluding carboxylic acids is 1. The van der Waals surface area contributed by atoms with Crippen LogP contribution in [0.3, 0.4) is 0 Å². The minimum Gasteiger partial charge on any atom is -0.466 e. The monoisotopic (exact) mass is 462 g/mol. The largest absolute Gasteiger partial charge is 0.466 e. The van der Waals surface area contributed by atoms with Crippen LogP contribution in [0.15, 0.2) is 60.7 Å². The van der Waals surface area contributed by atoms with Gasteiger partial charge in [-0.3, -0.25) is 4.79 Å². The van der Waals surface area contributed by atoms with Gasteiger partial charge in [0.2, 0.25) is 0 Å². The quantitative estimate of drug-likeness (QED) is 0.342. The number of ether oxygens (including phenoxy) is 2. The van der Waals surface area contributed by atoms with Crippen LogP contribution >= 0.6 is 0 Å². The molecule has 1 N–H and O–H groups in total. The average molecular weight is 462 g/mol. The zero-order valence-corrected chi connectivity index (χ0v) is 18.7. The van der Waals surface area contributed by atoms with E-state index >= 15 is 4.39 Å². The number of carbonyl (C=O) groups is 1. The molecular weight excluding hydrogens is 438 g/mol. The lowest BCUT2D eigenvalue weighted by Gasteiger charge is -2.11. The summed E-state index contributed by atoms with van der Waals surface area (Å²) < 4.78 is 41.3. The fourth-order valence-corrected chi connectivity index (χ4v) is 4.52. The molecule has 0 spiro atoms. The molecule has 0 aliphatic heterocycles. The van der Waals surface area contributed by atoms with Crippen LogP contribution in [-0.4, -0.2) is 28.6 Å². The number of esters is 1. The first-order chi connectivity index (χ1) is 16.5. The number of H-pyrrole nitrogens is 1. The van der Waals surface area contributed by atoms with Crippen molar-refractivity contribution in [2.45, 2.75) is 32.3 Å². The van der Waals surface area contributed by atoms with E-state index in [1.54, 1.807) is 19.1 Å². The molecule has 5 rings (SSSR count). The molecule has 2 unspecified atom stereocenters. The van der Waals surface area contributed by atoms with Crippen molar-refractivity contribution in [2.75, 3.05) is 6.61 Å². The Bertz CT molecular complexity index is 1320. The number of aromatic amines is 1. The zero-order valence-electron chi connectivity index (χ0n) is 18.7. The molecule has 1 aliphatic carbocycles. The fraction of sp³-hybridized carbons (Fsp3) is 0.259. The van der Waals surface area contributed by atoms with Crippen molar-refractivity contribution < 1.29 is 23.0 Å². The second-order valence-corrected chi connectivity index (χ2v) is 8.43.